The number of methoxy groups -OCH3 is 1. The summed E-state index contributed by atoms with van der Waals surface area (Å²) < 4.78 is 9.96. The average Bonchev–Trinajstić information content (AvgIpc) is 2.26. The van der Waals surface area contributed by atoms with Crippen LogP contribution in [0.4, 0.5) is 4.79 Å². The molecule has 0 radical (unpaired) electrons. The van der Waals surface area contributed by atoms with Crippen molar-refractivity contribution in [1.29, 1.82) is 0 Å². The average molecular weight is 258 g/mol. The number of carbonyl (C=O) groups is 2. The zero-order valence-electron chi connectivity index (χ0n) is 11.4. The van der Waals surface area contributed by atoms with Crippen molar-refractivity contribution >= 4 is 12.1 Å². The lowest BCUT2D eigenvalue weighted by molar-refractivity contribution is -0.147. The van der Waals surface area contributed by atoms with E-state index in [0.717, 1.165) is 0 Å². The Morgan fingerprint density at radius 2 is 1.94 bits per heavy atom. The quantitative estimate of drug-likeness (QED) is 0.702. The number of hydrogen-bond donors (Lipinski definition) is 1. The summed E-state index contributed by atoms with van der Waals surface area (Å²) in [6.45, 7) is 6.17. The monoisotopic (exact) mass is 258 g/mol. The molecule has 0 aliphatic carbocycles. The third-order valence-electron chi connectivity index (χ3n) is 2.82. The van der Waals surface area contributed by atoms with Gasteiger partial charge in [0, 0.05) is 19.1 Å². The molecule has 104 valence electrons. The molecule has 0 bridgehead atoms. The number of carbonyl (C=O) groups excluding carboxylic acids is 2. The number of rotatable bonds is 1. The van der Waals surface area contributed by atoms with Gasteiger partial charge < -0.3 is 20.1 Å². The summed E-state index contributed by atoms with van der Waals surface area (Å²) in [7, 11) is 1.32. The molecule has 1 aliphatic heterocycles. The van der Waals surface area contributed by atoms with Gasteiger partial charge in [-0.1, -0.05) is 0 Å². The molecule has 0 aromatic heterocycles. The van der Waals surface area contributed by atoms with Crippen LogP contribution in [0.1, 0.15) is 27.2 Å². The highest BCUT2D eigenvalue weighted by Gasteiger charge is 2.36. The van der Waals surface area contributed by atoms with Crippen LogP contribution in [0.15, 0.2) is 0 Å². The van der Waals surface area contributed by atoms with Crippen LogP contribution in [0, 0.1) is 5.92 Å². The Bertz CT molecular complexity index is 325. The first-order valence-corrected chi connectivity index (χ1v) is 6.06. The second kappa shape index (κ2) is 5.56. The topological polar surface area (TPSA) is 81.9 Å². The predicted octanol–water partition coefficient (Wildman–Crippen LogP) is 0.744. The Morgan fingerprint density at radius 3 is 2.44 bits per heavy atom. The molecule has 1 rings (SSSR count). The van der Waals surface area contributed by atoms with Crippen molar-refractivity contribution in [3.8, 4) is 0 Å². The fourth-order valence-corrected chi connectivity index (χ4v) is 1.86. The molecular formula is C12H22N2O4. The summed E-state index contributed by atoms with van der Waals surface area (Å²) in [5.74, 6) is -0.855. The zero-order chi connectivity index (χ0) is 13.9. The molecule has 1 heterocycles. The summed E-state index contributed by atoms with van der Waals surface area (Å²) in [6, 6.07) is -0.267. The van der Waals surface area contributed by atoms with Gasteiger partial charge in [0.2, 0.25) is 0 Å². The highest BCUT2D eigenvalue weighted by molar-refractivity contribution is 5.75. The van der Waals surface area contributed by atoms with E-state index in [2.05, 4.69) is 0 Å². The van der Waals surface area contributed by atoms with Crippen LogP contribution >= 0.6 is 0 Å². The molecule has 1 fully saturated rings. The first kappa shape index (κ1) is 14.8. The van der Waals surface area contributed by atoms with Crippen LogP contribution < -0.4 is 5.73 Å². The predicted molar refractivity (Wildman–Crippen MR) is 65.9 cm³/mol. The van der Waals surface area contributed by atoms with E-state index < -0.39 is 17.6 Å². The van der Waals surface area contributed by atoms with Crippen LogP contribution in [-0.4, -0.2) is 48.8 Å². The van der Waals surface area contributed by atoms with Crippen molar-refractivity contribution < 1.29 is 19.1 Å². The highest BCUT2D eigenvalue weighted by Crippen LogP contribution is 2.19. The molecule has 1 amide bonds. The van der Waals surface area contributed by atoms with Gasteiger partial charge in [0.25, 0.3) is 0 Å². The number of nitrogens with zero attached hydrogens (tertiary/aromatic N) is 1. The zero-order valence-corrected chi connectivity index (χ0v) is 11.4. The van der Waals surface area contributed by atoms with Crippen LogP contribution in [0.25, 0.3) is 0 Å². The Balaban J connectivity index is 2.64. The van der Waals surface area contributed by atoms with E-state index in [1.165, 1.54) is 12.0 Å². The highest BCUT2D eigenvalue weighted by atomic mass is 16.6. The number of esters is 1. The Morgan fingerprint density at radius 1 is 1.33 bits per heavy atom. The number of ether oxygens (including phenoxy) is 2. The molecule has 0 aromatic carbocycles. The third kappa shape index (κ3) is 3.87. The van der Waals surface area contributed by atoms with Gasteiger partial charge in [0.1, 0.15) is 5.60 Å². The third-order valence-corrected chi connectivity index (χ3v) is 2.82. The number of hydrogen-bond acceptors (Lipinski definition) is 5. The number of nitrogens with two attached hydrogens (primary N) is 1. The van der Waals surface area contributed by atoms with Crippen LogP contribution in [0.2, 0.25) is 0 Å². The van der Waals surface area contributed by atoms with Gasteiger partial charge in [-0.15, -0.1) is 0 Å². The van der Waals surface area contributed by atoms with Gasteiger partial charge in [-0.2, -0.15) is 0 Å². The fourth-order valence-electron chi connectivity index (χ4n) is 1.86. The van der Waals surface area contributed by atoms with Gasteiger partial charge >= 0.3 is 12.1 Å². The van der Waals surface area contributed by atoms with Crippen molar-refractivity contribution in [3.63, 3.8) is 0 Å². The van der Waals surface area contributed by atoms with Gasteiger partial charge in [-0.25, -0.2) is 4.79 Å². The van der Waals surface area contributed by atoms with Crippen molar-refractivity contribution in [2.75, 3.05) is 20.2 Å². The molecule has 1 aliphatic rings. The molecule has 0 unspecified atom stereocenters. The smallest absolute Gasteiger partial charge is 0.410 e. The van der Waals surface area contributed by atoms with E-state index in [0.29, 0.717) is 13.0 Å². The molecule has 6 heteroatoms. The minimum atomic E-state index is -0.544. The first-order valence-electron chi connectivity index (χ1n) is 6.06. The van der Waals surface area contributed by atoms with E-state index in [-0.39, 0.29) is 18.6 Å². The number of piperidine rings is 1. The second-order valence-corrected chi connectivity index (χ2v) is 5.51. The van der Waals surface area contributed by atoms with Crippen molar-refractivity contribution in [3.05, 3.63) is 0 Å². The van der Waals surface area contributed by atoms with E-state index in [1.807, 2.05) is 0 Å². The first-order chi connectivity index (χ1) is 8.24. The fraction of sp³-hybridized carbons (Fsp3) is 0.833. The van der Waals surface area contributed by atoms with E-state index in [4.69, 9.17) is 15.2 Å². The lowest BCUT2D eigenvalue weighted by Crippen LogP contribution is -2.53. The van der Waals surface area contributed by atoms with Crippen molar-refractivity contribution in [2.24, 2.45) is 11.7 Å². The largest absolute Gasteiger partial charge is 0.469 e. The maximum atomic E-state index is 11.9. The number of amides is 1. The standard InChI is InChI=1S/C12H22N2O4/c1-12(2,3)18-11(16)14-6-5-9(13)8(7-14)10(15)17-4/h8-9H,5-7,13H2,1-4H3/t8-,9-/m1/s1. The Hall–Kier alpha value is -1.30. The molecular weight excluding hydrogens is 236 g/mol. The molecule has 6 nitrogen and oxygen atoms in total. The molecule has 2 atom stereocenters. The lowest BCUT2D eigenvalue weighted by atomic mass is 9.93. The van der Waals surface area contributed by atoms with E-state index >= 15 is 0 Å². The van der Waals surface area contributed by atoms with Gasteiger partial charge in [0.05, 0.1) is 13.0 Å². The summed E-state index contributed by atoms with van der Waals surface area (Å²) in [5, 5.41) is 0. The molecule has 18 heavy (non-hydrogen) atoms. The second-order valence-electron chi connectivity index (χ2n) is 5.51. The normalized spacial score (nSPS) is 24.6. The van der Waals surface area contributed by atoms with Crippen molar-refractivity contribution in [1.82, 2.24) is 4.90 Å². The summed E-state index contributed by atoms with van der Waals surface area (Å²) in [6.07, 6.45) is 0.155. The minimum Gasteiger partial charge on any atom is -0.469 e. The summed E-state index contributed by atoms with van der Waals surface area (Å²) >= 11 is 0. The minimum absolute atomic E-state index is 0.253. The van der Waals surface area contributed by atoms with Crippen LogP contribution in [-0.2, 0) is 14.3 Å². The van der Waals surface area contributed by atoms with E-state index in [9.17, 15) is 9.59 Å². The molecule has 2 N–H and O–H groups in total. The summed E-state index contributed by atoms with van der Waals surface area (Å²) in [5.41, 5.74) is 5.32. The van der Waals surface area contributed by atoms with Gasteiger partial charge in [-0.05, 0) is 27.2 Å². The Labute approximate surface area is 107 Å². The number of likely N-dealkylation sites (tertiary alicyclic amines) is 1. The van der Waals surface area contributed by atoms with Crippen molar-refractivity contribution in [2.45, 2.75) is 38.8 Å². The Kier molecular flexibility index (Phi) is 4.56. The van der Waals surface area contributed by atoms with E-state index in [1.54, 1.807) is 20.8 Å². The molecule has 1 saturated heterocycles. The lowest BCUT2D eigenvalue weighted by Gasteiger charge is -2.36. The van der Waals surface area contributed by atoms with Crippen LogP contribution in [0.5, 0.6) is 0 Å². The molecule has 0 aromatic rings. The molecule has 0 saturated carbocycles. The van der Waals surface area contributed by atoms with Gasteiger partial charge in [0.15, 0.2) is 0 Å². The summed E-state index contributed by atoms with van der Waals surface area (Å²) in [4.78, 5) is 24.9. The molecule has 0 spiro atoms. The van der Waals surface area contributed by atoms with Crippen LogP contribution in [0.3, 0.4) is 0 Å². The maximum Gasteiger partial charge on any atom is 0.410 e. The maximum absolute atomic E-state index is 11.9. The van der Waals surface area contributed by atoms with Gasteiger partial charge in [-0.3, -0.25) is 4.79 Å². The SMILES string of the molecule is COC(=O)[C@@H]1CN(C(=O)OC(C)(C)C)CC[C@H]1N.